The summed E-state index contributed by atoms with van der Waals surface area (Å²) >= 11 is 0. The topological polar surface area (TPSA) is 73.7 Å². The van der Waals surface area contributed by atoms with Gasteiger partial charge in [-0.15, -0.1) is 0 Å². The Labute approximate surface area is 133 Å². The summed E-state index contributed by atoms with van der Waals surface area (Å²) in [4.78, 5) is 8.07. The molecular weight excluding hydrogens is 321 g/mol. The molecule has 0 aliphatic carbocycles. The van der Waals surface area contributed by atoms with Gasteiger partial charge in [0.25, 0.3) is 10.1 Å². The van der Waals surface area contributed by atoms with Gasteiger partial charge in [0.05, 0.1) is 6.20 Å². The standard InChI is InChI=1S/C15H16FN3O3S/c16-12-1-3-13(4-2-12)18-7-9-19(10-8-18)15-6-5-14(11-17-15)23(20,21)22/h1-6,11H,7-10H2,(H,20,21,22). The summed E-state index contributed by atoms with van der Waals surface area (Å²) in [5.74, 6) is 0.409. The lowest BCUT2D eigenvalue weighted by atomic mass is 10.2. The third kappa shape index (κ3) is 3.59. The zero-order valence-corrected chi connectivity index (χ0v) is 13.1. The minimum atomic E-state index is -4.22. The van der Waals surface area contributed by atoms with Crippen molar-refractivity contribution in [1.82, 2.24) is 4.98 Å². The Bertz CT molecular complexity index is 771. The second-order valence-corrected chi connectivity index (χ2v) is 6.70. The highest BCUT2D eigenvalue weighted by Gasteiger charge is 2.19. The zero-order chi connectivity index (χ0) is 16.4. The van der Waals surface area contributed by atoms with Gasteiger partial charge in [-0.2, -0.15) is 8.42 Å². The van der Waals surface area contributed by atoms with Crippen molar-refractivity contribution in [2.75, 3.05) is 36.0 Å². The largest absolute Gasteiger partial charge is 0.368 e. The molecule has 0 bridgehead atoms. The van der Waals surface area contributed by atoms with Crippen molar-refractivity contribution in [2.24, 2.45) is 0 Å². The number of nitrogens with zero attached hydrogens (tertiary/aromatic N) is 3. The Hall–Kier alpha value is -2.19. The van der Waals surface area contributed by atoms with Gasteiger partial charge >= 0.3 is 0 Å². The van der Waals surface area contributed by atoms with Crippen LogP contribution in [0.15, 0.2) is 47.5 Å². The van der Waals surface area contributed by atoms with E-state index in [0.29, 0.717) is 5.82 Å². The molecule has 0 spiro atoms. The molecule has 2 heterocycles. The first kappa shape index (κ1) is 15.7. The molecule has 1 aromatic heterocycles. The summed E-state index contributed by atoms with van der Waals surface area (Å²) in [6.45, 7) is 2.95. The monoisotopic (exact) mass is 337 g/mol. The molecule has 1 aliphatic rings. The van der Waals surface area contributed by atoms with Crippen LogP contribution in [0, 0.1) is 5.82 Å². The smallest absolute Gasteiger partial charge is 0.296 e. The van der Waals surface area contributed by atoms with Crippen LogP contribution in [0.25, 0.3) is 0 Å². The van der Waals surface area contributed by atoms with Gasteiger partial charge in [-0.3, -0.25) is 4.55 Å². The quantitative estimate of drug-likeness (QED) is 0.861. The van der Waals surface area contributed by atoms with Crippen molar-refractivity contribution in [2.45, 2.75) is 4.90 Å². The molecule has 0 atom stereocenters. The van der Waals surface area contributed by atoms with E-state index < -0.39 is 10.1 Å². The van der Waals surface area contributed by atoms with Crippen molar-refractivity contribution in [3.63, 3.8) is 0 Å². The molecular formula is C15H16FN3O3S. The number of piperazine rings is 1. The van der Waals surface area contributed by atoms with Crippen molar-refractivity contribution in [3.8, 4) is 0 Å². The number of benzene rings is 1. The predicted molar refractivity (Wildman–Crippen MR) is 84.9 cm³/mol. The van der Waals surface area contributed by atoms with Crippen molar-refractivity contribution in [3.05, 3.63) is 48.4 Å². The predicted octanol–water partition coefficient (Wildman–Crippen LogP) is 1.79. The molecule has 3 rings (SSSR count). The summed E-state index contributed by atoms with van der Waals surface area (Å²) in [5.41, 5.74) is 0.973. The first-order valence-electron chi connectivity index (χ1n) is 7.12. The Morgan fingerprint density at radius 2 is 1.57 bits per heavy atom. The number of hydrogen-bond acceptors (Lipinski definition) is 5. The average Bonchev–Trinajstić information content (AvgIpc) is 2.55. The number of hydrogen-bond donors (Lipinski definition) is 1. The van der Waals surface area contributed by atoms with E-state index in [4.69, 9.17) is 4.55 Å². The third-order valence-electron chi connectivity index (χ3n) is 3.81. The number of pyridine rings is 1. The van der Waals surface area contributed by atoms with Crippen molar-refractivity contribution < 1.29 is 17.4 Å². The van der Waals surface area contributed by atoms with Crippen LogP contribution in [0.1, 0.15) is 0 Å². The van der Waals surface area contributed by atoms with Crippen LogP contribution in [-0.2, 0) is 10.1 Å². The highest BCUT2D eigenvalue weighted by molar-refractivity contribution is 7.85. The summed E-state index contributed by atoms with van der Waals surface area (Å²) in [7, 11) is -4.22. The van der Waals surface area contributed by atoms with Crippen LogP contribution in [0.5, 0.6) is 0 Å². The van der Waals surface area contributed by atoms with Gasteiger partial charge in [0, 0.05) is 31.9 Å². The second kappa shape index (κ2) is 6.13. The van der Waals surface area contributed by atoms with Gasteiger partial charge in [0.1, 0.15) is 16.5 Å². The minimum absolute atomic E-state index is 0.216. The van der Waals surface area contributed by atoms with Crippen LogP contribution >= 0.6 is 0 Å². The van der Waals surface area contributed by atoms with Crippen LogP contribution in [0.4, 0.5) is 15.9 Å². The highest BCUT2D eigenvalue weighted by Crippen LogP contribution is 2.20. The first-order valence-corrected chi connectivity index (χ1v) is 8.56. The molecule has 23 heavy (non-hydrogen) atoms. The Balaban J connectivity index is 1.66. The molecule has 6 nitrogen and oxygen atoms in total. The normalized spacial score (nSPS) is 15.7. The maximum absolute atomic E-state index is 13.0. The molecule has 0 radical (unpaired) electrons. The minimum Gasteiger partial charge on any atom is -0.368 e. The maximum atomic E-state index is 13.0. The lowest BCUT2D eigenvalue weighted by Crippen LogP contribution is -2.46. The SMILES string of the molecule is O=S(=O)(O)c1ccc(N2CCN(c3ccc(F)cc3)CC2)nc1. The van der Waals surface area contributed by atoms with Crippen molar-refractivity contribution >= 4 is 21.6 Å². The van der Waals surface area contributed by atoms with E-state index in [1.807, 2.05) is 4.90 Å². The van der Waals surface area contributed by atoms with Crippen LogP contribution in [0.2, 0.25) is 0 Å². The van der Waals surface area contributed by atoms with Gasteiger partial charge in [0.2, 0.25) is 0 Å². The summed E-state index contributed by atoms with van der Waals surface area (Å²) < 4.78 is 43.9. The number of anilines is 2. The molecule has 0 saturated carbocycles. The lowest BCUT2D eigenvalue weighted by molar-refractivity contribution is 0.482. The fraction of sp³-hybridized carbons (Fsp3) is 0.267. The molecule has 1 aliphatic heterocycles. The Morgan fingerprint density at radius 1 is 0.957 bits per heavy atom. The van der Waals surface area contributed by atoms with Gasteiger partial charge < -0.3 is 9.80 Å². The maximum Gasteiger partial charge on any atom is 0.296 e. The molecule has 1 aromatic carbocycles. The van der Waals surface area contributed by atoms with Crippen LogP contribution in [0.3, 0.4) is 0 Å². The van der Waals surface area contributed by atoms with Gasteiger partial charge in [-0.05, 0) is 36.4 Å². The fourth-order valence-electron chi connectivity index (χ4n) is 2.56. The van der Waals surface area contributed by atoms with Crippen LogP contribution < -0.4 is 9.80 Å². The number of halogens is 1. The highest BCUT2D eigenvalue weighted by atomic mass is 32.2. The van der Waals surface area contributed by atoms with E-state index in [2.05, 4.69) is 9.88 Å². The van der Waals surface area contributed by atoms with Crippen LogP contribution in [-0.4, -0.2) is 44.1 Å². The van der Waals surface area contributed by atoms with E-state index in [-0.39, 0.29) is 10.7 Å². The number of aromatic nitrogens is 1. The van der Waals surface area contributed by atoms with E-state index in [1.165, 1.54) is 18.2 Å². The molecule has 1 saturated heterocycles. The molecule has 1 fully saturated rings. The Kier molecular flexibility index (Phi) is 4.18. The molecule has 0 unspecified atom stereocenters. The molecule has 8 heteroatoms. The summed E-state index contributed by atoms with van der Waals surface area (Å²) in [5, 5.41) is 0. The lowest BCUT2D eigenvalue weighted by Gasteiger charge is -2.36. The summed E-state index contributed by atoms with van der Waals surface area (Å²) in [6.07, 6.45) is 1.15. The number of rotatable bonds is 3. The third-order valence-corrected chi connectivity index (χ3v) is 4.65. The van der Waals surface area contributed by atoms with Gasteiger partial charge in [0.15, 0.2) is 0 Å². The molecule has 0 amide bonds. The molecule has 122 valence electrons. The Morgan fingerprint density at radius 3 is 2.09 bits per heavy atom. The summed E-state index contributed by atoms with van der Waals surface area (Å²) in [6, 6.07) is 9.31. The molecule has 1 N–H and O–H groups in total. The van der Waals surface area contributed by atoms with Crippen molar-refractivity contribution in [1.29, 1.82) is 0 Å². The zero-order valence-electron chi connectivity index (χ0n) is 12.3. The average molecular weight is 337 g/mol. The van der Waals surface area contributed by atoms with E-state index >= 15 is 0 Å². The first-order chi connectivity index (χ1) is 10.9. The van der Waals surface area contributed by atoms with E-state index in [0.717, 1.165) is 38.1 Å². The molecule has 2 aromatic rings. The van der Waals surface area contributed by atoms with Gasteiger partial charge in [-0.1, -0.05) is 0 Å². The second-order valence-electron chi connectivity index (χ2n) is 5.28. The van der Waals surface area contributed by atoms with E-state index in [1.54, 1.807) is 18.2 Å². The van der Waals surface area contributed by atoms with Gasteiger partial charge in [-0.25, -0.2) is 9.37 Å². The fourth-order valence-corrected chi connectivity index (χ4v) is 2.98. The van der Waals surface area contributed by atoms with E-state index in [9.17, 15) is 12.8 Å².